The maximum absolute atomic E-state index is 13.3. The molecule has 2 saturated carbocycles. The molecule has 0 aliphatic heterocycles. The summed E-state index contributed by atoms with van der Waals surface area (Å²) in [5, 5.41) is 9.10. The SMILES string of the molecule is CC(C)n1c(=O)n(CC2CC2)c(=O)c2cc(NC(=O)[C@@H]3CCCC3NC(=O)Nc3ccccc3)ccc21. The van der Waals surface area contributed by atoms with Gasteiger partial charge >= 0.3 is 11.7 Å². The van der Waals surface area contributed by atoms with Gasteiger partial charge in [0.2, 0.25) is 5.91 Å². The molecule has 9 heteroatoms. The summed E-state index contributed by atoms with van der Waals surface area (Å²) in [5.74, 6) is -0.206. The second kappa shape index (κ2) is 10.2. The Labute approximate surface area is 214 Å². The summed E-state index contributed by atoms with van der Waals surface area (Å²) in [6, 6.07) is 13.5. The molecule has 5 rings (SSSR count). The normalized spacial score (nSPS) is 19.2. The molecule has 9 nitrogen and oxygen atoms in total. The van der Waals surface area contributed by atoms with Crippen LogP contribution in [0.5, 0.6) is 0 Å². The molecule has 1 unspecified atom stereocenters. The van der Waals surface area contributed by atoms with Gasteiger partial charge in [0, 0.05) is 30.0 Å². The number of fused-ring (bicyclic) bond motifs is 1. The molecule has 3 amide bonds. The van der Waals surface area contributed by atoms with Crippen LogP contribution in [0.1, 0.15) is 52.0 Å². The van der Waals surface area contributed by atoms with Gasteiger partial charge in [0.15, 0.2) is 0 Å². The fourth-order valence-electron chi connectivity index (χ4n) is 5.22. The number of urea groups is 1. The number of hydrogen-bond acceptors (Lipinski definition) is 4. The Kier molecular flexibility index (Phi) is 6.86. The Morgan fingerprint density at radius 3 is 2.41 bits per heavy atom. The summed E-state index contributed by atoms with van der Waals surface area (Å²) in [4.78, 5) is 52.1. The van der Waals surface area contributed by atoms with Crippen LogP contribution in [0.15, 0.2) is 58.1 Å². The van der Waals surface area contributed by atoms with E-state index in [1.54, 1.807) is 34.9 Å². The van der Waals surface area contributed by atoms with Crippen molar-refractivity contribution in [1.82, 2.24) is 14.5 Å². The van der Waals surface area contributed by atoms with Gasteiger partial charge in [0.1, 0.15) is 0 Å². The Morgan fingerprint density at radius 1 is 0.946 bits per heavy atom. The maximum Gasteiger partial charge on any atom is 0.331 e. The van der Waals surface area contributed by atoms with Gasteiger partial charge < -0.3 is 16.0 Å². The molecular weight excluding hydrogens is 470 g/mol. The van der Waals surface area contributed by atoms with E-state index in [1.165, 1.54) is 4.57 Å². The fourth-order valence-corrected chi connectivity index (χ4v) is 5.22. The molecule has 2 fully saturated rings. The number of benzene rings is 2. The molecule has 3 N–H and O–H groups in total. The van der Waals surface area contributed by atoms with Gasteiger partial charge in [-0.2, -0.15) is 0 Å². The highest BCUT2D eigenvalue weighted by molar-refractivity contribution is 5.96. The number of aromatic nitrogens is 2. The Balaban J connectivity index is 1.35. The number of hydrogen-bond donors (Lipinski definition) is 3. The van der Waals surface area contributed by atoms with Crippen LogP contribution in [0.2, 0.25) is 0 Å². The van der Waals surface area contributed by atoms with Gasteiger partial charge in [-0.15, -0.1) is 0 Å². The van der Waals surface area contributed by atoms with Crippen molar-refractivity contribution in [2.45, 2.75) is 64.6 Å². The number of para-hydroxylation sites is 1. The Bertz CT molecular complexity index is 1440. The summed E-state index contributed by atoms with van der Waals surface area (Å²) in [6.45, 7) is 4.27. The molecule has 37 heavy (non-hydrogen) atoms. The molecular formula is C28H33N5O4. The lowest BCUT2D eigenvalue weighted by Gasteiger charge is -2.21. The van der Waals surface area contributed by atoms with Crippen LogP contribution in [-0.2, 0) is 11.3 Å². The molecule has 3 aromatic rings. The predicted octanol–water partition coefficient (Wildman–Crippen LogP) is 4.08. The van der Waals surface area contributed by atoms with E-state index < -0.39 is 0 Å². The van der Waals surface area contributed by atoms with Crippen LogP contribution in [0.3, 0.4) is 0 Å². The number of amides is 3. The number of nitrogens with zero attached hydrogens (tertiary/aromatic N) is 2. The van der Waals surface area contributed by atoms with E-state index >= 15 is 0 Å². The van der Waals surface area contributed by atoms with Crippen molar-refractivity contribution in [3.8, 4) is 0 Å². The molecule has 1 aromatic heterocycles. The van der Waals surface area contributed by atoms with Gasteiger partial charge in [0.05, 0.1) is 16.8 Å². The smallest absolute Gasteiger partial charge is 0.331 e. The van der Waals surface area contributed by atoms with Gasteiger partial charge in [-0.1, -0.05) is 24.6 Å². The van der Waals surface area contributed by atoms with E-state index in [9.17, 15) is 19.2 Å². The zero-order valence-electron chi connectivity index (χ0n) is 21.2. The Morgan fingerprint density at radius 2 is 1.70 bits per heavy atom. The third-order valence-electron chi connectivity index (χ3n) is 7.29. The monoisotopic (exact) mass is 503 g/mol. The van der Waals surface area contributed by atoms with Crippen molar-refractivity contribution in [1.29, 1.82) is 0 Å². The summed E-state index contributed by atoms with van der Waals surface area (Å²) >= 11 is 0. The average Bonchev–Trinajstić information content (AvgIpc) is 3.58. The molecule has 0 radical (unpaired) electrons. The standard InChI is InChI=1S/C28H33N5O4/c1-17(2)33-24-14-13-20(15-22(24)26(35)32(28(33)37)16-18-11-12-18)29-25(34)21-9-6-10-23(21)31-27(36)30-19-7-4-3-5-8-19/h3-5,7-8,13-15,17-18,21,23H,6,9-12,16H2,1-2H3,(H,29,34)(H2,30,31,36)/t21-,23?/m1/s1. The van der Waals surface area contributed by atoms with Crippen molar-refractivity contribution in [2.24, 2.45) is 11.8 Å². The predicted molar refractivity (Wildman–Crippen MR) is 144 cm³/mol. The minimum atomic E-state index is -0.381. The van der Waals surface area contributed by atoms with E-state index in [0.29, 0.717) is 47.6 Å². The zero-order chi connectivity index (χ0) is 26.1. The molecule has 2 aliphatic rings. The molecule has 1 heterocycles. The van der Waals surface area contributed by atoms with Crippen LogP contribution in [0.25, 0.3) is 10.9 Å². The first kappa shape index (κ1) is 24.8. The molecule has 2 aromatic carbocycles. The highest BCUT2D eigenvalue weighted by Crippen LogP contribution is 2.30. The average molecular weight is 504 g/mol. The second-order valence-electron chi connectivity index (χ2n) is 10.4. The fraction of sp³-hybridized carbons (Fsp3) is 0.429. The number of rotatable bonds is 7. The third kappa shape index (κ3) is 5.30. The van der Waals surface area contributed by atoms with Crippen LogP contribution < -0.4 is 27.2 Å². The molecule has 0 spiro atoms. The molecule has 0 bridgehead atoms. The minimum Gasteiger partial charge on any atom is -0.334 e. The lowest BCUT2D eigenvalue weighted by Crippen LogP contribution is -2.43. The van der Waals surface area contributed by atoms with Gasteiger partial charge in [-0.25, -0.2) is 9.59 Å². The van der Waals surface area contributed by atoms with Gasteiger partial charge in [-0.05, 0) is 75.8 Å². The number of anilines is 2. The highest BCUT2D eigenvalue weighted by atomic mass is 16.2. The third-order valence-corrected chi connectivity index (χ3v) is 7.29. The first-order valence-corrected chi connectivity index (χ1v) is 13.0. The van der Waals surface area contributed by atoms with E-state index in [-0.39, 0.29) is 41.2 Å². The van der Waals surface area contributed by atoms with Crippen molar-refractivity contribution in [2.75, 3.05) is 10.6 Å². The topological polar surface area (TPSA) is 114 Å². The number of carbonyl (C=O) groups is 2. The summed E-state index contributed by atoms with van der Waals surface area (Å²) in [5.41, 5.74) is 1.14. The number of nitrogens with one attached hydrogen (secondary N) is 3. The van der Waals surface area contributed by atoms with Crippen molar-refractivity contribution < 1.29 is 9.59 Å². The van der Waals surface area contributed by atoms with Crippen molar-refractivity contribution in [3.05, 3.63) is 69.4 Å². The molecule has 2 aliphatic carbocycles. The van der Waals surface area contributed by atoms with E-state index in [4.69, 9.17) is 0 Å². The zero-order valence-corrected chi connectivity index (χ0v) is 21.2. The van der Waals surface area contributed by atoms with Crippen molar-refractivity contribution >= 4 is 34.2 Å². The Hall–Kier alpha value is -3.88. The number of carbonyl (C=O) groups excluding carboxylic acids is 2. The van der Waals surface area contributed by atoms with Crippen LogP contribution in [0, 0.1) is 11.8 Å². The minimum absolute atomic E-state index is 0.117. The first-order chi connectivity index (χ1) is 17.8. The van der Waals surface area contributed by atoms with E-state index in [1.807, 2.05) is 32.0 Å². The van der Waals surface area contributed by atoms with Gasteiger partial charge in [0.25, 0.3) is 5.56 Å². The highest BCUT2D eigenvalue weighted by Gasteiger charge is 2.34. The van der Waals surface area contributed by atoms with E-state index in [2.05, 4.69) is 16.0 Å². The second-order valence-corrected chi connectivity index (χ2v) is 10.4. The lowest BCUT2D eigenvalue weighted by molar-refractivity contribution is -0.120. The molecule has 2 atom stereocenters. The van der Waals surface area contributed by atoms with Gasteiger partial charge in [-0.3, -0.25) is 18.7 Å². The van der Waals surface area contributed by atoms with Crippen LogP contribution in [0.4, 0.5) is 16.2 Å². The summed E-state index contributed by atoms with van der Waals surface area (Å²) in [6.07, 6.45) is 4.27. The summed E-state index contributed by atoms with van der Waals surface area (Å²) in [7, 11) is 0. The molecule has 0 saturated heterocycles. The largest absolute Gasteiger partial charge is 0.334 e. The summed E-state index contributed by atoms with van der Waals surface area (Å²) < 4.78 is 2.99. The first-order valence-electron chi connectivity index (χ1n) is 13.0. The van der Waals surface area contributed by atoms with Crippen LogP contribution in [-0.4, -0.2) is 27.1 Å². The van der Waals surface area contributed by atoms with Crippen LogP contribution >= 0.6 is 0 Å². The maximum atomic E-state index is 13.3. The molecule has 194 valence electrons. The lowest BCUT2D eigenvalue weighted by atomic mass is 10.0. The van der Waals surface area contributed by atoms with E-state index in [0.717, 1.165) is 19.3 Å². The quantitative estimate of drug-likeness (QED) is 0.451. The van der Waals surface area contributed by atoms with Crippen molar-refractivity contribution in [3.63, 3.8) is 0 Å².